The highest BCUT2D eigenvalue weighted by atomic mass is 35.5. The highest BCUT2D eigenvalue weighted by Crippen LogP contribution is 2.32. The third kappa shape index (κ3) is 2.64. The average molecular weight is 247 g/mol. The maximum absolute atomic E-state index is 13.1. The maximum atomic E-state index is 13.1. The first-order chi connectivity index (χ1) is 7.47. The van der Waals surface area contributed by atoms with Crippen molar-refractivity contribution in [3.05, 3.63) is 28.5 Å². The van der Waals surface area contributed by atoms with Crippen LogP contribution in [0.25, 0.3) is 0 Å². The largest absolute Gasteiger partial charge is 0.495 e. The number of ether oxygens (including phenoxy) is 1. The Morgan fingerprint density at radius 1 is 1.62 bits per heavy atom. The van der Waals surface area contributed by atoms with E-state index in [-0.39, 0.29) is 17.2 Å². The molecule has 1 aromatic carbocycles. The van der Waals surface area contributed by atoms with Crippen LogP contribution in [0, 0.1) is 11.7 Å². The maximum Gasteiger partial charge on any atom is 0.306 e. The van der Waals surface area contributed by atoms with Crippen LogP contribution in [-0.4, -0.2) is 18.2 Å². The van der Waals surface area contributed by atoms with Crippen molar-refractivity contribution in [3.8, 4) is 5.75 Å². The smallest absolute Gasteiger partial charge is 0.306 e. The summed E-state index contributed by atoms with van der Waals surface area (Å²) in [6.07, 6.45) is 0.249. The van der Waals surface area contributed by atoms with Gasteiger partial charge in [0, 0.05) is 0 Å². The van der Waals surface area contributed by atoms with Crippen molar-refractivity contribution >= 4 is 17.6 Å². The number of aliphatic carboxylic acids is 1. The Morgan fingerprint density at radius 3 is 2.75 bits per heavy atom. The first-order valence-electron chi connectivity index (χ1n) is 4.71. The predicted molar refractivity (Wildman–Crippen MR) is 58.5 cm³/mol. The third-order valence-corrected chi connectivity index (χ3v) is 2.64. The van der Waals surface area contributed by atoms with Gasteiger partial charge in [-0.3, -0.25) is 4.79 Å². The molecule has 1 atom stereocenters. The lowest BCUT2D eigenvalue weighted by Gasteiger charge is -2.12. The Kier molecular flexibility index (Phi) is 4.12. The van der Waals surface area contributed by atoms with Gasteiger partial charge in [0.15, 0.2) is 0 Å². The van der Waals surface area contributed by atoms with E-state index in [9.17, 15) is 9.18 Å². The Bertz CT molecular complexity index is 406. The lowest BCUT2D eigenvalue weighted by atomic mass is 10.0. The molecule has 0 saturated carbocycles. The van der Waals surface area contributed by atoms with Gasteiger partial charge in [-0.05, 0) is 18.1 Å². The molecule has 0 aromatic heterocycles. The summed E-state index contributed by atoms with van der Waals surface area (Å²) in [7, 11) is 1.37. The quantitative estimate of drug-likeness (QED) is 0.889. The molecule has 0 fully saturated rings. The van der Waals surface area contributed by atoms with Gasteiger partial charge in [-0.25, -0.2) is 4.39 Å². The molecule has 0 radical (unpaired) electrons. The molecule has 88 valence electrons. The summed E-state index contributed by atoms with van der Waals surface area (Å²) in [4.78, 5) is 10.7. The molecule has 0 saturated heterocycles. The van der Waals surface area contributed by atoms with E-state index in [4.69, 9.17) is 21.4 Å². The van der Waals surface area contributed by atoms with Gasteiger partial charge in [-0.1, -0.05) is 24.6 Å². The van der Waals surface area contributed by atoms with Crippen LogP contribution in [0.15, 0.2) is 12.1 Å². The molecule has 1 N–H and O–H groups in total. The number of hydrogen-bond acceptors (Lipinski definition) is 2. The number of rotatable bonds is 4. The summed E-state index contributed by atoms with van der Waals surface area (Å²) in [5, 5.41) is 8.67. The van der Waals surface area contributed by atoms with Crippen molar-refractivity contribution in [2.24, 2.45) is 5.92 Å². The second-order valence-electron chi connectivity index (χ2n) is 3.50. The van der Waals surface area contributed by atoms with Crippen molar-refractivity contribution in [2.45, 2.75) is 13.3 Å². The van der Waals surface area contributed by atoms with Crippen LogP contribution in [-0.2, 0) is 11.2 Å². The van der Waals surface area contributed by atoms with Crippen LogP contribution in [0.5, 0.6) is 5.75 Å². The van der Waals surface area contributed by atoms with E-state index in [1.165, 1.54) is 19.2 Å². The Balaban J connectivity index is 3.05. The highest BCUT2D eigenvalue weighted by molar-refractivity contribution is 6.32. The van der Waals surface area contributed by atoms with Crippen LogP contribution in [0.3, 0.4) is 0 Å². The fraction of sp³-hybridized carbons (Fsp3) is 0.364. The van der Waals surface area contributed by atoms with Crippen LogP contribution in [0.4, 0.5) is 4.39 Å². The van der Waals surface area contributed by atoms with E-state index in [1.54, 1.807) is 6.92 Å². The van der Waals surface area contributed by atoms with E-state index in [2.05, 4.69) is 0 Å². The minimum absolute atomic E-state index is 0.113. The van der Waals surface area contributed by atoms with Crippen molar-refractivity contribution in [1.82, 2.24) is 0 Å². The minimum Gasteiger partial charge on any atom is -0.495 e. The van der Waals surface area contributed by atoms with Gasteiger partial charge >= 0.3 is 5.97 Å². The average Bonchev–Trinajstić information content (AvgIpc) is 2.23. The molecular formula is C11H12ClFO3. The van der Waals surface area contributed by atoms with E-state index >= 15 is 0 Å². The lowest BCUT2D eigenvalue weighted by Crippen LogP contribution is -2.13. The van der Waals surface area contributed by atoms with Crippen molar-refractivity contribution < 1.29 is 19.0 Å². The van der Waals surface area contributed by atoms with E-state index in [1.807, 2.05) is 0 Å². The standard InChI is InChI=1S/C11H12ClFO3/c1-6(11(14)15)5-7-3-4-8(13)9(12)10(7)16-2/h3-4,6H,5H2,1-2H3,(H,14,15). The normalized spacial score (nSPS) is 12.2. The molecule has 0 aliphatic carbocycles. The Hall–Kier alpha value is -1.29. The molecule has 0 aliphatic heterocycles. The fourth-order valence-electron chi connectivity index (χ4n) is 1.37. The summed E-state index contributed by atoms with van der Waals surface area (Å²) in [6, 6.07) is 2.69. The number of carboxylic acids is 1. The summed E-state index contributed by atoms with van der Waals surface area (Å²) in [6.45, 7) is 1.57. The molecule has 0 bridgehead atoms. The molecule has 0 spiro atoms. The second kappa shape index (κ2) is 5.16. The van der Waals surface area contributed by atoms with E-state index in [0.29, 0.717) is 5.56 Å². The summed E-state index contributed by atoms with van der Waals surface area (Å²) in [5.74, 6) is -1.86. The van der Waals surface area contributed by atoms with Gasteiger partial charge in [0.1, 0.15) is 16.6 Å². The van der Waals surface area contributed by atoms with Crippen LogP contribution >= 0.6 is 11.6 Å². The van der Waals surface area contributed by atoms with Gasteiger partial charge in [-0.15, -0.1) is 0 Å². The zero-order valence-corrected chi connectivity index (χ0v) is 9.71. The summed E-state index contributed by atoms with van der Waals surface area (Å²) >= 11 is 5.71. The molecule has 0 amide bonds. The molecule has 3 nitrogen and oxygen atoms in total. The first kappa shape index (κ1) is 12.8. The SMILES string of the molecule is COc1c(CC(C)C(=O)O)ccc(F)c1Cl. The molecule has 1 unspecified atom stereocenters. The number of hydrogen-bond donors (Lipinski definition) is 1. The van der Waals surface area contributed by atoms with Crippen molar-refractivity contribution in [3.63, 3.8) is 0 Å². The number of benzene rings is 1. The van der Waals surface area contributed by atoms with Crippen molar-refractivity contribution in [1.29, 1.82) is 0 Å². The number of carboxylic acid groups (broad SMARTS) is 1. The summed E-state index contributed by atoms with van der Waals surface area (Å²) in [5.41, 5.74) is 0.587. The van der Waals surface area contributed by atoms with Crippen LogP contribution in [0.2, 0.25) is 5.02 Å². The zero-order chi connectivity index (χ0) is 12.3. The van der Waals surface area contributed by atoms with Crippen LogP contribution in [0.1, 0.15) is 12.5 Å². The summed E-state index contributed by atoms with van der Waals surface area (Å²) < 4.78 is 18.1. The van der Waals surface area contributed by atoms with Gasteiger partial charge in [0.05, 0.1) is 13.0 Å². The van der Waals surface area contributed by atoms with Gasteiger partial charge < -0.3 is 9.84 Å². The first-order valence-corrected chi connectivity index (χ1v) is 5.08. The molecular weight excluding hydrogens is 235 g/mol. The molecule has 1 rings (SSSR count). The number of methoxy groups -OCH3 is 1. The predicted octanol–water partition coefficient (Wildman–Crippen LogP) is 2.75. The number of carbonyl (C=O) groups is 1. The topological polar surface area (TPSA) is 46.5 Å². The molecule has 1 aromatic rings. The zero-order valence-electron chi connectivity index (χ0n) is 8.96. The monoisotopic (exact) mass is 246 g/mol. The molecule has 16 heavy (non-hydrogen) atoms. The lowest BCUT2D eigenvalue weighted by molar-refractivity contribution is -0.141. The molecule has 0 aliphatic rings. The third-order valence-electron chi connectivity index (χ3n) is 2.28. The fourth-order valence-corrected chi connectivity index (χ4v) is 1.63. The van der Waals surface area contributed by atoms with Gasteiger partial charge in [0.25, 0.3) is 0 Å². The Labute approximate surface area is 97.8 Å². The van der Waals surface area contributed by atoms with Gasteiger partial charge in [-0.2, -0.15) is 0 Å². The Morgan fingerprint density at radius 2 is 2.25 bits per heavy atom. The second-order valence-corrected chi connectivity index (χ2v) is 3.88. The van der Waals surface area contributed by atoms with E-state index in [0.717, 1.165) is 0 Å². The molecule has 0 heterocycles. The minimum atomic E-state index is -0.914. The van der Waals surface area contributed by atoms with Gasteiger partial charge in [0.2, 0.25) is 0 Å². The van der Waals surface area contributed by atoms with Crippen molar-refractivity contribution in [2.75, 3.05) is 7.11 Å². The number of halogens is 2. The van der Waals surface area contributed by atoms with Crippen LogP contribution < -0.4 is 4.74 Å². The highest BCUT2D eigenvalue weighted by Gasteiger charge is 2.18. The molecule has 5 heteroatoms. The van der Waals surface area contributed by atoms with E-state index < -0.39 is 17.7 Å².